The molecule has 0 radical (unpaired) electrons. The SMILES string of the molecule is O=C(Nc1cc(Cl)c(Cl)nc1C1CCN(Cc2ccc(-c3ncc(F)cn3)cc2)CC1)c1ccnc(Cl)c1. The average Bonchev–Trinajstić information content (AvgIpc) is 2.92. The van der Waals surface area contributed by atoms with Crippen molar-refractivity contribution in [3.8, 4) is 11.4 Å². The number of hydrogen-bond donors (Lipinski definition) is 1. The zero-order valence-electron chi connectivity index (χ0n) is 20.0. The van der Waals surface area contributed by atoms with Gasteiger partial charge < -0.3 is 5.32 Å². The Balaban J connectivity index is 1.24. The molecule has 1 aliphatic heterocycles. The maximum Gasteiger partial charge on any atom is 0.255 e. The summed E-state index contributed by atoms with van der Waals surface area (Å²) in [4.78, 5) is 31.7. The van der Waals surface area contributed by atoms with Gasteiger partial charge in [-0.25, -0.2) is 24.3 Å². The number of aromatic nitrogens is 4. The van der Waals surface area contributed by atoms with Crippen molar-refractivity contribution in [2.45, 2.75) is 25.3 Å². The molecule has 0 spiro atoms. The molecular weight excluding hydrogens is 550 g/mol. The van der Waals surface area contributed by atoms with E-state index in [-0.39, 0.29) is 27.2 Å². The summed E-state index contributed by atoms with van der Waals surface area (Å²) in [6.07, 6.45) is 5.49. The second kappa shape index (κ2) is 11.7. The summed E-state index contributed by atoms with van der Waals surface area (Å²) in [6, 6.07) is 12.7. The highest BCUT2D eigenvalue weighted by Gasteiger charge is 2.26. The van der Waals surface area contributed by atoms with Gasteiger partial charge in [0.1, 0.15) is 10.3 Å². The molecule has 1 aliphatic rings. The number of carbonyl (C=O) groups excluding carboxylic acids is 1. The zero-order chi connectivity index (χ0) is 26.6. The van der Waals surface area contributed by atoms with Gasteiger partial charge in [0.2, 0.25) is 0 Å². The van der Waals surface area contributed by atoms with Crippen LogP contribution in [0, 0.1) is 5.82 Å². The Bertz CT molecular complexity index is 1440. The van der Waals surface area contributed by atoms with Crippen LogP contribution < -0.4 is 5.32 Å². The van der Waals surface area contributed by atoms with Crippen molar-refractivity contribution in [1.29, 1.82) is 0 Å². The van der Waals surface area contributed by atoms with Gasteiger partial charge >= 0.3 is 0 Å². The lowest BCUT2D eigenvalue weighted by Crippen LogP contribution is -2.33. The summed E-state index contributed by atoms with van der Waals surface area (Å²) in [5.41, 5.74) is 3.63. The van der Waals surface area contributed by atoms with Crippen LogP contribution in [0.3, 0.4) is 0 Å². The Labute approximate surface area is 234 Å². The normalized spacial score (nSPS) is 14.4. The lowest BCUT2D eigenvalue weighted by Gasteiger charge is -2.32. The number of benzene rings is 1. The van der Waals surface area contributed by atoms with Crippen LogP contribution in [-0.2, 0) is 6.54 Å². The quantitative estimate of drug-likeness (QED) is 0.260. The number of anilines is 1. The van der Waals surface area contributed by atoms with Crippen LogP contribution in [-0.4, -0.2) is 43.8 Å². The molecule has 38 heavy (non-hydrogen) atoms. The summed E-state index contributed by atoms with van der Waals surface area (Å²) in [5, 5.41) is 3.63. The van der Waals surface area contributed by atoms with Crippen molar-refractivity contribution in [2.75, 3.05) is 18.4 Å². The van der Waals surface area contributed by atoms with Crippen molar-refractivity contribution >= 4 is 46.4 Å². The molecule has 1 saturated heterocycles. The van der Waals surface area contributed by atoms with Crippen LogP contribution in [0.25, 0.3) is 11.4 Å². The molecule has 194 valence electrons. The van der Waals surface area contributed by atoms with Gasteiger partial charge in [0, 0.05) is 29.8 Å². The highest BCUT2D eigenvalue weighted by molar-refractivity contribution is 6.41. The predicted octanol–water partition coefficient (Wildman–Crippen LogP) is 6.66. The monoisotopic (exact) mass is 570 g/mol. The summed E-state index contributed by atoms with van der Waals surface area (Å²) >= 11 is 18.4. The Kier molecular flexibility index (Phi) is 8.14. The van der Waals surface area contributed by atoms with Crippen molar-refractivity contribution in [2.24, 2.45) is 0 Å². The summed E-state index contributed by atoms with van der Waals surface area (Å²) < 4.78 is 13.1. The van der Waals surface area contributed by atoms with Gasteiger partial charge in [-0.3, -0.25) is 9.69 Å². The Morgan fingerprint density at radius 3 is 2.39 bits per heavy atom. The number of pyridine rings is 2. The second-order valence-corrected chi connectivity index (χ2v) is 10.1. The maximum atomic E-state index is 13.1. The number of hydrogen-bond acceptors (Lipinski definition) is 6. The highest BCUT2D eigenvalue weighted by Crippen LogP contribution is 2.36. The molecule has 4 heterocycles. The van der Waals surface area contributed by atoms with Crippen LogP contribution in [0.15, 0.2) is 61.1 Å². The number of piperidine rings is 1. The Morgan fingerprint density at radius 2 is 1.71 bits per heavy atom. The molecule has 7 nitrogen and oxygen atoms in total. The molecule has 0 saturated carbocycles. The first-order valence-corrected chi connectivity index (χ1v) is 13.1. The van der Waals surface area contributed by atoms with Crippen molar-refractivity contribution in [3.63, 3.8) is 0 Å². The maximum absolute atomic E-state index is 13.1. The Morgan fingerprint density at radius 1 is 1.00 bits per heavy atom. The van der Waals surface area contributed by atoms with E-state index >= 15 is 0 Å². The number of likely N-dealkylation sites (tertiary alicyclic amines) is 1. The molecule has 0 unspecified atom stereocenters. The highest BCUT2D eigenvalue weighted by atomic mass is 35.5. The number of nitrogens with zero attached hydrogens (tertiary/aromatic N) is 5. The fraction of sp³-hybridized carbons (Fsp3) is 0.222. The molecule has 1 fully saturated rings. The zero-order valence-corrected chi connectivity index (χ0v) is 22.3. The predicted molar refractivity (Wildman–Crippen MR) is 146 cm³/mol. The number of nitrogens with one attached hydrogen (secondary N) is 1. The molecule has 5 rings (SSSR count). The minimum Gasteiger partial charge on any atom is -0.320 e. The number of halogens is 4. The summed E-state index contributed by atoms with van der Waals surface area (Å²) in [6.45, 7) is 2.49. The Hall–Kier alpha value is -3.17. The standard InChI is InChI=1S/C27H22Cl3FN6O/c28-21-12-22(35-27(38)19-5-8-32-23(29)11-19)24(36-25(21)30)17-6-9-37(10-7-17)15-16-1-3-18(4-2-16)26-33-13-20(31)14-34-26/h1-5,8,11-14,17H,6-7,9-10,15H2,(H,35,38). The van der Waals surface area contributed by atoms with Gasteiger partial charge in [-0.1, -0.05) is 59.1 Å². The average molecular weight is 572 g/mol. The van der Waals surface area contributed by atoms with Gasteiger partial charge in [0.25, 0.3) is 5.91 Å². The van der Waals surface area contributed by atoms with E-state index in [1.165, 1.54) is 12.3 Å². The third-order valence-electron chi connectivity index (χ3n) is 6.41. The van der Waals surface area contributed by atoms with E-state index in [1.807, 2.05) is 24.3 Å². The molecule has 1 N–H and O–H groups in total. The molecule has 0 bridgehead atoms. The lowest BCUT2D eigenvalue weighted by molar-refractivity contribution is 0.102. The lowest BCUT2D eigenvalue weighted by atomic mass is 9.91. The van der Waals surface area contributed by atoms with Gasteiger partial charge in [-0.15, -0.1) is 0 Å². The fourth-order valence-corrected chi connectivity index (χ4v) is 4.94. The van der Waals surface area contributed by atoms with Crippen LogP contribution in [0.1, 0.15) is 40.4 Å². The van der Waals surface area contributed by atoms with E-state index in [9.17, 15) is 9.18 Å². The summed E-state index contributed by atoms with van der Waals surface area (Å²) in [5.74, 6) is -0.196. The molecule has 11 heteroatoms. The first kappa shape index (κ1) is 26.4. The van der Waals surface area contributed by atoms with E-state index in [0.29, 0.717) is 17.1 Å². The topological polar surface area (TPSA) is 83.9 Å². The van der Waals surface area contributed by atoms with Crippen LogP contribution >= 0.6 is 34.8 Å². The van der Waals surface area contributed by atoms with Crippen LogP contribution in [0.4, 0.5) is 10.1 Å². The van der Waals surface area contributed by atoms with Crippen molar-refractivity contribution in [1.82, 2.24) is 24.8 Å². The number of amides is 1. The molecule has 3 aromatic heterocycles. The minimum atomic E-state index is -0.460. The van der Waals surface area contributed by atoms with Gasteiger partial charge in [-0.2, -0.15) is 0 Å². The third-order valence-corrected chi connectivity index (χ3v) is 7.29. The van der Waals surface area contributed by atoms with Crippen molar-refractivity contribution in [3.05, 3.63) is 99.0 Å². The summed E-state index contributed by atoms with van der Waals surface area (Å²) in [7, 11) is 0. The molecule has 0 aliphatic carbocycles. The van der Waals surface area contributed by atoms with Gasteiger partial charge in [-0.05, 0) is 49.7 Å². The molecule has 0 atom stereocenters. The fourth-order valence-electron chi connectivity index (χ4n) is 4.47. The van der Waals surface area contributed by atoms with E-state index in [1.54, 1.807) is 12.1 Å². The van der Waals surface area contributed by atoms with Crippen molar-refractivity contribution < 1.29 is 9.18 Å². The molecule has 1 amide bonds. The van der Waals surface area contributed by atoms with Gasteiger partial charge in [0.15, 0.2) is 11.6 Å². The van der Waals surface area contributed by atoms with Gasteiger partial charge in [0.05, 0.1) is 28.8 Å². The second-order valence-electron chi connectivity index (χ2n) is 8.99. The van der Waals surface area contributed by atoms with Crippen LogP contribution in [0.5, 0.6) is 0 Å². The first-order valence-electron chi connectivity index (χ1n) is 11.9. The van der Waals surface area contributed by atoms with E-state index < -0.39 is 5.82 Å². The minimum absolute atomic E-state index is 0.107. The van der Waals surface area contributed by atoms with E-state index in [2.05, 4.69) is 30.2 Å². The molecule has 1 aromatic carbocycles. The number of carbonyl (C=O) groups is 1. The smallest absolute Gasteiger partial charge is 0.255 e. The van der Waals surface area contributed by atoms with Crippen LogP contribution in [0.2, 0.25) is 15.3 Å². The number of rotatable bonds is 6. The largest absolute Gasteiger partial charge is 0.320 e. The van der Waals surface area contributed by atoms with E-state index in [4.69, 9.17) is 34.8 Å². The molecular formula is C27H22Cl3FN6O. The first-order chi connectivity index (χ1) is 18.4. The third kappa shape index (κ3) is 6.27. The van der Waals surface area contributed by atoms with E-state index in [0.717, 1.165) is 61.7 Å². The molecule has 4 aromatic rings.